The first-order chi connectivity index (χ1) is 20.1. The monoisotopic (exact) mass is 620 g/mol. The lowest BCUT2D eigenvalue weighted by atomic mass is 9.91. The molecule has 2 aromatic carbocycles. The number of aliphatic hydroxyl groups excluding tert-OH is 1. The topological polar surface area (TPSA) is 105 Å². The summed E-state index contributed by atoms with van der Waals surface area (Å²) in [5, 5.41) is 24.5. The Morgan fingerprint density at radius 3 is 2.05 bits per heavy atom. The van der Waals surface area contributed by atoms with Gasteiger partial charge in [0.15, 0.2) is 0 Å². The molecule has 15 heteroatoms. The minimum absolute atomic E-state index is 0.0528. The average molecular weight is 621 g/mol. The molecule has 2 fully saturated rings. The molecule has 3 amide bonds. The third-order valence-electron chi connectivity index (χ3n) is 7.77. The molecule has 1 heterocycles. The second kappa shape index (κ2) is 12.7. The van der Waals surface area contributed by atoms with Crippen molar-refractivity contribution >= 4 is 17.6 Å². The van der Waals surface area contributed by atoms with Crippen molar-refractivity contribution < 1.29 is 50.5 Å². The second-order valence-electron chi connectivity index (χ2n) is 10.7. The Kier molecular flexibility index (Phi) is 9.57. The van der Waals surface area contributed by atoms with Gasteiger partial charge in [0.2, 0.25) is 0 Å². The second-order valence-corrected chi connectivity index (χ2v) is 10.7. The van der Waals surface area contributed by atoms with Crippen molar-refractivity contribution in [1.29, 1.82) is 0 Å². The number of aliphatic hydroxyl groups is 2. The summed E-state index contributed by atoms with van der Waals surface area (Å²) in [6, 6.07) is 5.86. The number of amides is 3. The van der Waals surface area contributed by atoms with Crippen molar-refractivity contribution in [3.05, 3.63) is 65.0 Å². The molecule has 1 aliphatic heterocycles. The van der Waals surface area contributed by atoms with Crippen molar-refractivity contribution in [2.45, 2.75) is 62.3 Å². The molecule has 236 valence electrons. The SMILES string of the molecule is O=C(Nc1ccc(C(=O)N2CCN(Cc3ccc(C(O)(C(F)(F)F)C(F)(F)F)cc3)CC2)cc1F)N[C@H]1CCCC[C@H]1O. The van der Waals surface area contributed by atoms with E-state index >= 15 is 0 Å². The highest BCUT2D eigenvalue weighted by molar-refractivity contribution is 5.95. The number of rotatable bonds is 6. The fraction of sp³-hybridized carbons (Fsp3) is 0.500. The Labute approximate surface area is 242 Å². The lowest BCUT2D eigenvalue weighted by Crippen LogP contribution is -2.53. The van der Waals surface area contributed by atoms with Gasteiger partial charge in [-0.05, 0) is 36.6 Å². The first-order valence-electron chi connectivity index (χ1n) is 13.6. The quantitative estimate of drug-likeness (QED) is 0.356. The first kappa shape index (κ1) is 32.5. The molecule has 2 aliphatic rings. The maximum Gasteiger partial charge on any atom is 0.430 e. The molecule has 4 N–H and O–H groups in total. The Bertz CT molecular complexity index is 1280. The van der Waals surface area contributed by atoms with Gasteiger partial charge in [-0.3, -0.25) is 9.69 Å². The molecule has 0 radical (unpaired) electrons. The molecule has 1 aliphatic carbocycles. The van der Waals surface area contributed by atoms with Crippen LogP contribution in [-0.2, 0) is 12.1 Å². The molecule has 0 spiro atoms. The van der Waals surface area contributed by atoms with Gasteiger partial charge in [0.1, 0.15) is 5.82 Å². The summed E-state index contributed by atoms with van der Waals surface area (Å²) in [5.74, 6) is -1.28. The van der Waals surface area contributed by atoms with Crippen LogP contribution in [0, 0.1) is 5.82 Å². The number of carbonyl (C=O) groups excluding carboxylic acids is 2. The molecular weight excluding hydrogens is 589 g/mol. The minimum atomic E-state index is -5.97. The van der Waals surface area contributed by atoms with E-state index in [-0.39, 0.29) is 30.9 Å². The van der Waals surface area contributed by atoms with Crippen LogP contribution in [0.5, 0.6) is 0 Å². The van der Waals surface area contributed by atoms with E-state index < -0.39 is 53.4 Å². The average Bonchev–Trinajstić information content (AvgIpc) is 2.94. The molecule has 43 heavy (non-hydrogen) atoms. The molecular formula is C28H31F7N4O4. The highest BCUT2D eigenvalue weighted by Crippen LogP contribution is 2.50. The van der Waals surface area contributed by atoms with E-state index in [1.807, 2.05) is 4.90 Å². The molecule has 4 rings (SSSR count). The van der Waals surface area contributed by atoms with Crippen LogP contribution in [0.25, 0.3) is 0 Å². The molecule has 8 nitrogen and oxygen atoms in total. The maximum atomic E-state index is 14.7. The van der Waals surface area contributed by atoms with Crippen LogP contribution in [0.1, 0.15) is 47.2 Å². The van der Waals surface area contributed by atoms with Crippen LogP contribution in [0.3, 0.4) is 0 Å². The Hall–Kier alpha value is -3.43. The first-order valence-corrected chi connectivity index (χ1v) is 13.6. The number of benzene rings is 2. The fourth-order valence-electron chi connectivity index (χ4n) is 5.25. The summed E-state index contributed by atoms with van der Waals surface area (Å²) in [4.78, 5) is 28.5. The lowest BCUT2D eigenvalue weighted by Gasteiger charge is -2.35. The van der Waals surface area contributed by atoms with Gasteiger partial charge in [0.25, 0.3) is 11.5 Å². The van der Waals surface area contributed by atoms with Crippen LogP contribution in [0.2, 0.25) is 0 Å². The van der Waals surface area contributed by atoms with E-state index in [4.69, 9.17) is 0 Å². The van der Waals surface area contributed by atoms with Gasteiger partial charge in [0, 0.05) is 43.9 Å². The zero-order valence-corrected chi connectivity index (χ0v) is 22.8. The summed E-state index contributed by atoms with van der Waals surface area (Å²) in [6.45, 7) is 1.29. The van der Waals surface area contributed by atoms with E-state index in [9.17, 15) is 50.5 Å². The number of nitrogens with zero attached hydrogens (tertiary/aromatic N) is 2. The van der Waals surface area contributed by atoms with Gasteiger partial charge >= 0.3 is 18.4 Å². The third kappa shape index (κ3) is 7.21. The number of piperazine rings is 1. The third-order valence-corrected chi connectivity index (χ3v) is 7.77. The van der Waals surface area contributed by atoms with Gasteiger partial charge in [-0.1, -0.05) is 37.1 Å². The highest BCUT2D eigenvalue weighted by Gasteiger charge is 2.71. The summed E-state index contributed by atoms with van der Waals surface area (Å²) >= 11 is 0. The summed E-state index contributed by atoms with van der Waals surface area (Å²) in [6.07, 6.45) is -9.71. The van der Waals surface area contributed by atoms with Crippen LogP contribution in [-0.4, -0.2) is 82.6 Å². The summed E-state index contributed by atoms with van der Waals surface area (Å²) < 4.78 is 93.4. The molecule has 0 bridgehead atoms. The molecule has 2 atom stereocenters. The number of carbonyl (C=O) groups is 2. The zero-order valence-electron chi connectivity index (χ0n) is 22.8. The smallest absolute Gasteiger partial charge is 0.391 e. The normalized spacial score (nSPS) is 20.5. The van der Waals surface area contributed by atoms with Gasteiger partial charge in [-0.25, -0.2) is 9.18 Å². The molecule has 2 aromatic rings. The van der Waals surface area contributed by atoms with E-state index in [0.29, 0.717) is 43.6 Å². The molecule has 0 aromatic heterocycles. The minimum Gasteiger partial charge on any atom is -0.391 e. The van der Waals surface area contributed by atoms with Crippen molar-refractivity contribution in [2.75, 3.05) is 31.5 Å². The molecule has 1 saturated carbocycles. The van der Waals surface area contributed by atoms with Crippen molar-refractivity contribution in [1.82, 2.24) is 15.1 Å². The maximum absolute atomic E-state index is 14.7. The standard InChI is InChI=1S/C28H31F7N4O4/c29-20-15-18(7-10-21(20)36-25(42)37-22-3-1-2-4-23(22)40)24(41)39-13-11-38(12-14-39)16-17-5-8-19(9-6-17)26(43,27(30,31)32)28(33,34)35/h5-10,15,22-23,40,43H,1-4,11-14,16H2,(H2,36,37,42)/t22-,23+/m0/s1. The van der Waals surface area contributed by atoms with E-state index in [2.05, 4.69) is 10.6 Å². The van der Waals surface area contributed by atoms with Crippen molar-refractivity contribution in [3.63, 3.8) is 0 Å². The van der Waals surface area contributed by atoms with Gasteiger partial charge < -0.3 is 25.7 Å². The number of nitrogens with one attached hydrogen (secondary N) is 2. The Morgan fingerprint density at radius 1 is 0.884 bits per heavy atom. The fourth-order valence-corrected chi connectivity index (χ4v) is 5.25. The number of anilines is 1. The van der Waals surface area contributed by atoms with Crippen LogP contribution >= 0.6 is 0 Å². The predicted molar refractivity (Wildman–Crippen MR) is 140 cm³/mol. The number of hydrogen-bond donors (Lipinski definition) is 4. The highest BCUT2D eigenvalue weighted by atomic mass is 19.4. The van der Waals surface area contributed by atoms with Gasteiger partial charge in [-0.15, -0.1) is 0 Å². The number of halogens is 7. The van der Waals surface area contributed by atoms with Gasteiger partial charge in [0.05, 0.1) is 17.8 Å². The number of alkyl halides is 6. The largest absolute Gasteiger partial charge is 0.430 e. The van der Waals surface area contributed by atoms with Crippen molar-refractivity contribution in [3.8, 4) is 0 Å². The van der Waals surface area contributed by atoms with E-state index in [1.165, 1.54) is 17.0 Å². The zero-order chi connectivity index (χ0) is 31.6. The van der Waals surface area contributed by atoms with Gasteiger partial charge in [-0.2, -0.15) is 26.3 Å². The molecule has 0 unspecified atom stereocenters. The number of hydrogen-bond acceptors (Lipinski definition) is 5. The predicted octanol–water partition coefficient (Wildman–Crippen LogP) is 4.52. The Balaban J connectivity index is 1.30. The van der Waals surface area contributed by atoms with Crippen molar-refractivity contribution in [2.24, 2.45) is 0 Å². The van der Waals surface area contributed by atoms with E-state index in [1.54, 1.807) is 0 Å². The summed E-state index contributed by atoms with van der Waals surface area (Å²) in [7, 11) is 0. The lowest BCUT2D eigenvalue weighted by molar-refractivity contribution is -0.376. The van der Waals surface area contributed by atoms with E-state index in [0.717, 1.165) is 31.0 Å². The number of urea groups is 1. The van der Waals surface area contributed by atoms with Crippen LogP contribution in [0.4, 0.5) is 41.2 Å². The Morgan fingerprint density at radius 2 is 1.49 bits per heavy atom. The summed E-state index contributed by atoms with van der Waals surface area (Å²) in [5.41, 5.74) is -6.02. The van der Waals surface area contributed by atoms with Crippen LogP contribution in [0.15, 0.2) is 42.5 Å². The molecule has 1 saturated heterocycles. The van der Waals surface area contributed by atoms with Crippen LogP contribution < -0.4 is 10.6 Å².